The summed E-state index contributed by atoms with van der Waals surface area (Å²) in [5, 5.41) is 2.04. The first-order chi connectivity index (χ1) is 12.2. The normalized spacial score (nSPS) is 21.0. The number of hydrogen-bond donors (Lipinski definition) is 0. The second-order valence-corrected chi connectivity index (χ2v) is 7.64. The largest absolute Gasteiger partial charge is 0.523 e. The van der Waals surface area contributed by atoms with Gasteiger partial charge in [-0.2, -0.15) is 21.6 Å². The molecule has 0 aliphatic heterocycles. The number of alkyl halides is 3. The van der Waals surface area contributed by atoms with Crippen LogP contribution in [-0.4, -0.2) is 25.0 Å². The molecular weight excluding hydrogens is 367 g/mol. The van der Waals surface area contributed by atoms with E-state index in [9.17, 15) is 21.6 Å². The standard InChI is InChI=1S/C18H16F3NO3S/c1-12-10-13(6-7-17(12)25-26(23,24)18(19,20)21)11-16-15-5-3-2-4-14(15)8-9-22-16/h2-10,12,17H,11H2,1H3. The fraction of sp³-hybridized carbons (Fsp3) is 0.278. The van der Waals surface area contributed by atoms with Crippen LogP contribution in [0.3, 0.4) is 0 Å². The van der Waals surface area contributed by atoms with Crippen molar-refractivity contribution in [2.45, 2.75) is 25.0 Å². The quantitative estimate of drug-likeness (QED) is 0.588. The zero-order valence-corrected chi connectivity index (χ0v) is 14.6. The Morgan fingerprint density at radius 1 is 1.19 bits per heavy atom. The van der Waals surface area contributed by atoms with Gasteiger partial charge >= 0.3 is 15.6 Å². The Hall–Kier alpha value is -2.19. The molecule has 0 amide bonds. The fourth-order valence-corrected chi connectivity index (χ4v) is 3.48. The summed E-state index contributed by atoms with van der Waals surface area (Å²) in [4.78, 5) is 4.39. The summed E-state index contributed by atoms with van der Waals surface area (Å²) in [5.74, 6) is -0.526. The van der Waals surface area contributed by atoms with E-state index in [4.69, 9.17) is 0 Å². The van der Waals surface area contributed by atoms with Crippen molar-refractivity contribution >= 4 is 20.9 Å². The predicted molar refractivity (Wildman–Crippen MR) is 91.7 cm³/mol. The molecule has 0 radical (unpaired) electrons. The third-order valence-electron chi connectivity index (χ3n) is 4.14. The van der Waals surface area contributed by atoms with Crippen LogP contribution in [-0.2, 0) is 20.7 Å². The van der Waals surface area contributed by atoms with Crippen molar-refractivity contribution in [3.05, 3.63) is 66.0 Å². The lowest BCUT2D eigenvalue weighted by atomic mass is 9.92. The minimum atomic E-state index is -5.63. The number of nitrogens with zero attached hydrogens (tertiary/aromatic N) is 1. The van der Waals surface area contributed by atoms with Crippen molar-refractivity contribution in [1.29, 1.82) is 0 Å². The highest BCUT2D eigenvalue weighted by Gasteiger charge is 2.48. The molecule has 1 aromatic heterocycles. The summed E-state index contributed by atoms with van der Waals surface area (Å²) < 4.78 is 64.1. The summed E-state index contributed by atoms with van der Waals surface area (Å²) in [6.45, 7) is 1.61. The first-order valence-electron chi connectivity index (χ1n) is 7.88. The van der Waals surface area contributed by atoms with Gasteiger partial charge in [-0.3, -0.25) is 9.17 Å². The minimum Gasteiger partial charge on any atom is -0.260 e. The molecule has 1 aromatic carbocycles. The van der Waals surface area contributed by atoms with Crippen LogP contribution < -0.4 is 0 Å². The first kappa shape index (κ1) is 18.6. The molecule has 0 saturated heterocycles. The van der Waals surface area contributed by atoms with Crippen LogP contribution in [0.1, 0.15) is 12.6 Å². The molecule has 2 unspecified atom stereocenters. The van der Waals surface area contributed by atoms with Crippen LogP contribution in [0, 0.1) is 5.92 Å². The Labute approximate surface area is 149 Å². The van der Waals surface area contributed by atoms with E-state index in [0.717, 1.165) is 22.0 Å². The van der Waals surface area contributed by atoms with Gasteiger partial charge in [-0.1, -0.05) is 49.4 Å². The molecular formula is C18H16F3NO3S. The molecule has 0 bridgehead atoms. The summed E-state index contributed by atoms with van der Waals surface area (Å²) in [6, 6.07) is 9.67. The molecule has 2 atom stereocenters. The average molecular weight is 383 g/mol. The van der Waals surface area contributed by atoms with Crippen molar-refractivity contribution in [2.24, 2.45) is 5.92 Å². The lowest BCUT2D eigenvalue weighted by Gasteiger charge is -2.23. The summed E-state index contributed by atoms with van der Waals surface area (Å²) in [6.07, 6.45) is 5.64. The minimum absolute atomic E-state index is 0.487. The number of hydrogen-bond acceptors (Lipinski definition) is 4. The van der Waals surface area contributed by atoms with Gasteiger partial charge in [-0.15, -0.1) is 0 Å². The van der Waals surface area contributed by atoms with Gasteiger partial charge in [0.2, 0.25) is 0 Å². The number of aromatic nitrogens is 1. The number of pyridine rings is 1. The van der Waals surface area contributed by atoms with Crippen molar-refractivity contribution in [3.8, 4) is 0 Å². The Bertz CT molecular complexity index is 975. The molecule has 8 heteroatoms. The van der Waals surface area contributed by atoms with Crippen LogP contribution in [0.25, 0.3) is 10.8 Å². The van der Waals surface area contributed by atoms with Crippen LogP contribution >= 0.6 is 0 Å². The van der Waals surface area contributed by atoms with Gasteiger partial charge in [-0.05, 0) is 17.0 Å². The summed E-state index contributed by atoms with van der Waals surface area (Å²) in [7, 11) is -5.63. The third-order valence-corrected chi connectivity index (χ3v) is 5.19. The predicted octanol–water partition coefficient (Wildman–Crippen LogP) is 4.14. The molecule has 0 fully saturated rings. The number of rotatable bonds is 4. The summed E-state index contributed by atoms with van der Waals surface area (Å²) in [5.41, 5.74) is -3.75. The van der Waals surface area contributed by atoms with Crippen molar-refractivity contribution < 1.29 is 25.8 Å². The highest BCUT2D eigenvalue weighted by molar-refractivity contribution is 7.87. The molecule has 4 nitrogen and oxygen atoms in total. The van der Waals surface area contributed by atoms with Crippen molar-refractivity contribution in [1.82, 2.24) is 4.98 Å². The Balaban J connectivity index is 1.78. The van der Waals surface area contributed by atoms with E-state index in [2.05, 4.69) is 9.17 Å². The smallest absolute Gasteiger partial charge is 0.260 e. The topological polar surface area (TPSA) is 56.3 Å². The maximum atomic E-state index is 12.5. The third kappa shape index (κ3) is 3.81. The van der Waals surface area contributed by atoms with E-state index >= 15 is 0 Å². The monoisotopic (exact) mass is 383 g/mol. The number of halogens is 3. The van der Waals surface area contributed by atoms with Crippen LogP contribution in [0.15, 0.2) is 60.3 Å². The maximum Gasteiger partial charge on any atom is 0.523 e. The molecule has 1 aliphatic carbocycles. The molecule has 0 spiro atoms. The summed E-state index contributed by atoms with van der Waals surface area (Å²) >= 11 is 0. The van der Waals surface area contributed by atoms with E-state index < -0.39 is 27.6 Å². The van der Waals surface area contributed by atoms with Gasteiger partial charge in [0.25, 0.3) is 0 Å². The maximum absolute atomic E-state index is 12.5. The molecule has 1 heterocycles. The highest BCUT2D eigenvalue weighted by atomic mass is 32.2. The van der Waals surface area contributed by atoms with Gasteiger partial charge in [0.1, 0.15) is 6.10 Å². The molecule has 0 N–H and O–H groups in total. The van der Waals surface area contributed by atoms with Crippen molar-refractivity contribution in [3.63, 3.8) is 0 Å². The highest BCUT2D eigenvalue weighted by Crippen LogP contribution is 2.30. The Morgan fingerprint density at radius 3 is 2.62 bits per heavy atom. The van der Waals surface area contributed by atoms with E-state index in [1.54, 1.807) is 25.3 Å². The molecule has 26 heavy (non-hydrogen) atoms. The second kappa shape index (κ2) is 6.85. The van der Waals surface area contributed by atoms with E-state index in [1.165, 1.54) is 6.08 Å². The van der Waals surface area contributed by atoms with Gasteiger partial charge in [0.15, 0.2) is 0 Å². The van der Waals surface area contributed by atoms with Gasteiger partial charge in [-0.25, -0.2) is 0 Å². The first-order valence-corrected chi connectivity index (χ1v) is 9.29. The molecule has 2 aromatic rings. The Morgan fingerprint density at radius 2 is 1.92 bits per heavy atom. The zero-order chi connectivity index (χ0) is 18.9. The molecule has 138 valence electrons. The lowest BCUT2D eigenvalue weighted by molar-refractivity contribution is -0.0568. The van der Waals surface area contributed by atoms with E-state index in [-0.39, 0.29) is 0 Å². The number of fused-ring (bicyclic) bond motifs is 1. The second-order valence-electron chi connectivity index (χ2n) is 6.08. The zero-order valence-electron chi connectivity index (χ0n) is 13.8. The molecule has 3 rings (SSSR count). The van der Waals surface area contributed by atoms with Crippen LogP contribution in [0.5, 0.6) is 0 Å². The van der Waals surface area contributed by atoms with Gasteiger partial charge < -0.3 is 0 Å². The molecule has 0 saturated carbocycles. The van der Waals surface area contributed by atoms with Crippen LogP contribution in [0.4, 0.5) is 13.2 Å². The number of benzene rings is 1. The van der Waals surface area contributed by atoms with Crippen LogP contribution in [0.2, 0.25) is 0 Å². The van der Waals surface area contributed by atoms with Crippen molar-refractivity contribution in [2.75, 3.05) is 0 Å². The molecule has 1 aliphatic rings. The average Bonchev–Trinajstić information content (AvgIpc) is 2.56. The Kier molecular flexibility index (Phi) is 4.90. The van der Waals surface area contributed by atoms with E-state index in [0.29, 0.717) is 6.42 Å². The van der Waals surface area contributed by atoms with E-state index in [1.807, 2.05) is 30.3 Å². The van der Waals surface area contributed by atoms with Gasteiger partial charge in [0, 0.05) is 23.9 Å². The number of allylic oxidation sites excluding steroid dienone is 2. The SMILES string of the molecule is CC1C=C(Cc2nccc3ccccc23)C=CC1OS(=O)(=O)C(F)(F)F. The fourth-order valence-electron chi connectivity index (χ4n) is 2.84. The lowest BCUT2D eigenvalue weighted by Crippen LogP contribution is -2.32. The van der Waals surface area contributed by atoms with Gasteiger partial charge in [0.05, 0.1) is 5.69 Å².